The van der Waals surface area contributed by atoms with Gasteiger partial charge in [-0.1, -0.05) is 48.0 Å². The van der Waals surface area contributed by atoms with Crippen molar-refractivity contribution in [3.8, 4) is 0 Å². The molecule has 0 fully saturated rings. The molecule has 0 aliphatic heterocycles. The Hall–Kier alpha value is -2.25. The molecule has 0 spiro atoms. The quantitative estimate of drug-likeness (QED) is 0.769. The zero-order valence-electron chi connectivity index (χ0n) is 13.1. The second-order valence-corrected chi connectivity index (χ2v) is 5.62. The first-order chi connectivity index (χ1) is 11.8. The van der Waals surface area contributed by atoms with Crippen molar-refractivity contribution < 1.29 is 22.7 Å². The fraction of sp³-hybridized carbons (Fsp3) is 0.235. The topological polar surface area (TPSA) is 50.4 Å². The van der Waals surface area contributed by atoms with Gasteiger partial charge in [-0.15, -0.1) is 0 Å². The van der Waals surface area contributed by atoms with Crippen molar-refractivity contribution in [2.24, 2.45) is 0 Å². The Morgan fingerprint density at radius 3 is 2.32 bits per heavy atom. The number of halogens is 4. The molecule has 134 valence electrons. The highest BCUT2D eigenvalue weighted by Gasteiger charge is 2.27. The number of hydrogen-bond donors (Lipinski definition) is 2. The van der Waals surface area contributed by atoms with Crippen LogP contribution in [0.5, 0.6) is 0 Å². The van der Waals surface area contributed by atoms with Crippen LogP contribution in [-0.2, 0) is 17.9 Å². The monoisotopic (exact) mass is 372 g/mol. The van der Waals surface area contributed by atoms with Gasteiger partial charge in [-0.05, 0) is 23.3 Å². The van der Waals surface area contributed by atoms with Gasteiger partial charge in [0.1, 0.15) is 6.61 Å². The predicted octanol–water partition coefficient (Wildman–Crippen LogP) is 4.74. The van der Waals surface area contributed by atoms with Gasteiger partial charge >= 0.3 is 12.2 Å². The molecule has 0 saturated heterocycles. The number of benzene rings is 2. The molecule has 2 rings (SSSR count). The maximum Gasteiger partial charge on any atom is 0.411 e. The van der Waals surface area contributed by atoms with Crippen LogP contribution in [0.4, 0.5) is 23.7 Å². The van der Waals surface area contributed by atoms with Crippen molar-refractivity contribution in [1.29, 1.82) is 0 Å². The van der Waals surface area contributed by atoms with Crippen molar-refractivity contribution >= 4 is 23.3 Å². The minimum atomic E-state index is -4.33. The number of urea groups is 1. The van der Waals surface area contributed by atoms with Crippen molar-refractivity contribution in [2.45, 2.75) is 19.3 Å². The Bertz CT molecular complexity index is 706. The molecule has 25 heavy (non-hydrogen) atoms. The molecule has 4 nitrogen and oxygen atoms in total. The number of para-hydroxylation sites is 1. The van der Waals surface area contributed by atoms with E-state index in [0.717, 1.165) is 5.56 Å². The van der Waals surface area contributed by atoms with Crippen molar-refractivity contribution in [3.05, 3.63) is 64.7 Å². The largest absolute Gasteiger partial charge is 0.411 e. The molecule has 2 aromatic carbocycles. The van der Waals surface area contributed by atoms with Gasteiger partial charge in [0, 0.05) is 6.54 Å². The lowest BCUT2D eigenvalue weighted by molar-refractivity contribution is -0.176. The lowest BCUT2D eigenvalue weighted by Gasteiger charge is -2.10. The lowest BCUT2D eigenvalue weighted by atomic mass is 10.1. The predicted molar refractivity (Wildman–Crippen MR) is 89.5 cm³/mol. The smallest absolute Gasteiger partial charge is 0.367 e. The molecule has 0 aliphatic carbocycles. The van der Waals surface area contributed by atoms with Gasteiger partial charge in [0.2, 0.25) is 0 Å². The van der Waals surface area contributed by atoms with Crippen LogP contribution in [0.15, 0.2) is 48.5 Å². The summed E-state index contributed by atoms with van der Waals surface area (Å²) in [5.41, 5.74) is 1.92. The van der Waals surface area contributed by atoms with E-state index in [2.05, 4.69) is 15.4 Å². The van der Waals surface area contributed by atoms with E-state index in [9.17, 15) is 18.0 Å². The standard InChI is InChI=1S/C17H16ClF3N2O2/c18-14-3-1-2-4-15(14)23-16(24)22-9-12-5-7-13(8-6-12)10-25-11-17(19,20)21/h1-8H,9-11H2,(H2,22,23,24). The third kappa shape index (κ3) is 7.03. The Morgan fingerprint density at radius 2 is 1.68 bits per heavy atom. The summed E-state index contributed by atoms with van der Waals surface area (Å²) < 4.78 is 40.6. The number of carbonyl (C=O) groups excluding carboxylic acids is 1. The fourth-order valence-corrected chi connectivity index (χ4v) is 2.13. The van der Waals surface area contributed by atoms with Crippen LogP contribution in [0.1, 0.15) is 11.1 Å². The van der Waals surface area contributed by atoms with E-state index in [4.69, 9.17) is 11.6 Å². The van der Waals surface area contributed by atoms with E-state index < -0.39 is 18.8 Å². The molecule has 2 amide bonds. The molecule has 2 aromatic rings. The second-order valence-electron chi connectivity index (χ2n) is 5.21. The van der Waals surface area contributed by atoms with E-state index in [-0.39, 0.29) is 13.2 Å². The minimum absolute atomic E-state index is 0.125. The first-order valence-electron chi connectivity index (χ1n) is 7.35. The van der Waals surface area contributed by atoms with Gasteiger partial charge in [0.15, 0.2) is 0 Å². The van der Waals surface area contributed by atoms with E-state index in [1.165, 1.54) is 0 Å². The van der Waals surface area contributed by atoms with E-state index in [1.54, 1.807) is 48.5 Å². The molecule has 0 atom stereocenters. The maximum atomic E-state index is 12.0. The summed E-state index contributed by atoms with van der Waals surface area (Å²) in [6, 6.07) is 13.2. The second kappa shape index (κ2) is 8.73. The highest BCUT2D eigenvalue weighted by molar-refractivity contribution is 6.33. The summed E-state index contributed by atoms with van der Waals surface area (Å²) in [5, 5.41) is 5.73. The molecule has 2 N–H and O–H groups in total. The maximum absolute atomic E-state index is 12.0. The number of carbonyl (C=O) groups is 1. The summed E-state index contributed by atoms with van der Waals surface area (Å²) in [7, 11) is 0. The van der Waals surface area contributed by atoms with Crippen LogP contribution in [0, 0.1) is 0 Å². The van der Waals surface area contributed by atoms with Gasteiger partial charge < -0.3 is 15.4 Å². The normalized spacial score (nSPS) is 11.2. The van der Waals surface area contributed by atoms with Crippen LogP contribution in [-0.4, -0.2) is 18.8 Å². The zero-order valence-corrected chi connectivity index (χ0v) is 13.8. The van der Waals surface area contributed by atoms with Crippen LogP contribution in [0.3, 0.4) is 0 Å². The van der Waals surface area contributed by atoms with Gasteiger partial charge in [0.25, 0.3) is 0 Å². The number of anilines is 1. The molecular formula is C17H16ClF3N2O2. The van der Waals surface area contributed by atoms with E-state index >= 15 is 0 Å². The third-order valence-corrected chi connectivity index (χ3v) is 3.46. The average Bonchev–Trinajstić information content (AvgIpc) is 2.55. The van der Waals surface area contributed by atoms with Gasteiger partial charge in [-0.2, -0.15) is 13.2 Å². The highest BCUT2D eigenvalue weighted by atomic mass is 35.5. The van der Waals surface area contributed by atoms with Crippen molar-refractivity contribution in [2.75, 3.05) is 11.9 Å². The fourth-order valence-electron chi connectivity index (χ4n) is 1.95. The first-order valence-corrected chi connectivity index (χ1v) is 7.73. The Morgan fingerprint density at radius 1 is 1.04 bits per heavy atom. The summed E-state index contributed by atoms with van der Waals surface area (Å²) in [6.07, 6.45) is -4.33. The molecule has 0 radical (unpaired) electrons. The Balaban J connectivity index is 1.77. The summed E-state index contributed by atoms with van der Waals surface area (Å²) in [4.78, 5) is 11.8. The van der Waals surface area contributed by atoms with E-state index in [0.29, 0.717) is 16.3 Å². The first kappa shape index (κ1) is 19.1. The number of ether oxygens (including phenoxy) is 1. The van der Waals surface area contributed by atoms with E-state index in [1.807, 2.05) is 0 Å². The molecule has 0 saturated carbocycles. The molecule has 0 aromatic heterocycles. The molecule has 0 bridgehead atoms. The van der Waals surface area contributed by atoms with Crippen molar-refractivity contribution in [3.63, 3.8) is 0 Å². The zero-order chi connectivity index (χ0) is 18.3. The number of hydrogen-bond acceptors (Lipinski definition) is 2. The molecular weight excluding hydrogens is 357 g/mol. The average molecular weight is 373 g/mol. The molecule has 0 aliphatic rings. The van der Waals surface area contributed by atoms with Crippen LogP contribution < -0.4 is 10.6 Å². The molecule has 0 unspecified atom stereocenters. The van der Waals surface area contributed by atoms with Crippen LogP contribution in [0.2, 0.25) is 5.02 Å². The number of nitrogens with one attached hydrogen (secondary N) is 2. The Labute approximate surface area is 147 Å². The lowest BCUT2D eigenvalue weighted by Crippen LogP contribution is -2.28. The number of amides is 2. The van der Waals surface area contributed by atoms with Crippen LogP contribution >= 0.6 is 11.6 Å². The Kier molecular flexibility index (Phi) is 6.66. The number of alkyl halides is 3. The molecule has 8 heteroatoms. The summed E-state index contributed by atoms with van der Waals surface area (Å²) >= 11 is 5.95. The molecule has 0 heterocycles. The summed E-state index contributed by atoms with van der Waals surface area (Å²) in [5.74, 6) is 0. The van der Waals surface area contributed by atoms with Crippen molar-refractivity contribution in [1.82, 2.24) is 5.32 Å². The minimum Gasteiger partial charge on any atom is -0.367 e. The SMILES string of the molecule is O=C(NCc1ccc(COCC(F)(F)F)cc1)Nc1ccccc1Cl. The number of rotatable bonds is 6. The summed E-state index contributed by atoms with van der Waals surface area (Å²) in [6.45, 7) is -1.14. The third-order valence-electron chi connectivity index (χ3n) is 3.13. The highest BCUT2D eigenvalue weighted by Crippen LogP contribution is 2.20. The van der Waals surface area contributed by atoms with Gasteiger partial charge in [-0.25, -0.2) is 4.79 Å². The van der Waals surface area contributed by atoms with Crippen LogP contribution in [0.25, 0.3) is 0 Å². The van der Waals surface area contributed by atoms with Gasteiger partial charge in [-0.3, -0.25) is 0 Å². The van der Waals surface area contributed by atoms with Gasteiger partial charge in [0.05, 0.1) is 17.3 Å².